The first kappa shape index (κ1) is 11.8. The van der Waals surface area contributed by atoms with Crippen LogP contribution < -0.4 is 0 Å². The number of carboxylic acid groups (broad SMARTS) is 1. The van der Waals surface area contributed by atoms with E-state index in [1.54, 1.807) is 20.0 Å². The standard InChI is InChI=1S/C5H8O3S.Au.ClH/c6-5(7)4-2-1-3-9-8-4;;/h4H,1-3H2,(H,6,7);;1H/q;+1;/p-1. The molecule has 0 radical (unpaired) electrons. The Morgan fingerprint density at radius 3 is 2.64 bits per heavy atom. The Morgan fingerprint density at radius 2 is 2.36 bits per heavy atom. The third-order valence-electron chi connectivity index (χ3n) is 1.15. The third-order valence-corrected chi connectivity index (χ3v) is 1.98. The molecule has 3 nitrogen and oxygen atoms in total. The van der Waals surface area contributed by atoms with Gasteiger partial charge in [0.25, 0.3) is 0 Å². The fourth-order valence-electron chi connectivity index (χ4n) is 0.671. The summed E-state index contributed by atoms with van der Waals surface area (Å²) in [5, 5.41) is 8.40. The molecule has 70 valence electrons. The van der Waals surface area contributed by atoms with Gasteiger partial charge in [-0.25, -0.2) is 4.79 Å². The van der Waals surface area contributed by atoms with E-state index in [2.05, 4.69) is 9.19 Å². The summed E-state index contributed by atoms with van der Waals surface area (Å²) in [5.74, 6) is 0.0752. The summed E-state index contributed by atoms with van der Waals surface area (Å²) >= 11 is 3.00. The van der Waals surface area contributed by atoms with Gasteiger partial charge >= 0.3 is 35.1 Å². The molecule has 1 N–H and O–H groups in total. The molecule has 0 aliphatic carbocycles. The van der Waals surface area contributed by atoms with Gasteiger partial charge in [-0.15, -0.1) is 0 Å². The molecule has 1 heterocycles. The van der Waals surface area contributed by atoms with Crippen LogP contribution in [0, 0.1) is 0 Å². The van der Waals surface area contributed by atoms with Crippen LogP contribution >= 0.6 is 21.2 Å². The molecule has 0 aromatic rings. The van der Waals surface area contributed by atoms with Gasteiger partial charge in [0.2, 0.25) is 0 Å². The van der Waals surface area contributed by atoms with Crippen LogP contribution in [0.4, 0.5) is 0 Å². The Bertz CT molecular complexity index is 118. The number of rotatable bonds is 1. The first-order valence-electron chi connectivity index (χ1n) is 2.93. The Balaban J connectivity index is 0.000000461. The van der Waals surface area contributed by atoms with Gasteiger partial charge in [-0.2, -0.15) is 0 Å². The van der Waals surface area contributed by atoms with Gasteiger partial charge in [-0.1, -0.05) is 0 Å². The second-order valence-electron chi connectivity index (χ2n) is 1.89. The monoisotopic (exact) mass is 380 g/mol. The Morgan fingerprint density at radius 1 is 1.73 bits per heavy atom. The van der Waals surface area contributed by atoms with Crippen molar-refractivity contribution in [3.05, 3.63) is 0 Å². The van der Waals surface area contributed by atoms with E-state index in [4.69, 9.17) is 9.29 Å². The summed E-state index contributed by atoms with van der Waals surface area (Å²) in [6, 6.07) is 0. The minimum atomic E-state index is -0.845. The van der Waals surface area contributed by atoms with Crippen molar-refractivity contribution >= 4 is 27.2 Å². The quantitative estimate of drug-likeness (QED) is 0.554. The summed E-state index contributed by atoms with van der Waals surface area (Å²) in [4.78, 5) is 10.2. The zero-order valence-electron chi connectivity index (χ0n) is 5.55. The molecule has 0 aromatic heterocycles. The van der Waals surface area contributed by atoms with E-state index >= 15 is 0 Å². The van der Waals surface area contributed by atoms with Crippen molar-refractivity contribution in [2.75, 3.05) is 5.75 Å². The van der Waals surface area contributed by atoms with Gasteiger partial charge in [0, 0.05) is 5.75 Å². The van der Waals surface area contributed by atoms with E-state index in [1.165, 1.54) is 12.0 Å². The summed E-state index contributed by atoms with van der Waals surface area (Å²) in [7, 11) is 4.58. The van der Waals surface area contributed by atoms with Gasteiger partial charge in [0.15, 0.2) is 6.10 Å². The summed E-state index contributed by atoms with van der Waals surface area (Å²) in [5.41, 5.74) is 0. The molecule has 0 saturated carbocycles. The van der Waals surface area contributed by atoms with Gasteiger partial charge in [0.1, 0.15) is 0 Å². The molecule has 1 atom stereocenters. The average molecular weight is 381 g/mol. The zero-order chi connectivity index (χ0) is 8.69. The predicted octanol–water partition coefficient (Wildman–Crippen LogP) is 1.59. The van der Waals surface area contributed by atoms with Crippen molar-refractivity contribution in [3.8, 4) is 0 Å². The molecule has 11 heavy (non-hydrogen) atoms. The summed E-state index contributed by atoms with van der Waals surface area (Å²) in [6.45, 7) is 0. The molecule has 0 bridgehead atoms. The van der Waals surface area contributed by atoms with Gasteiger partial charge < -0.3 is 9.29 Å². The number of halogens is 1. The van der Waals surface area contributed by atoms with Crippen LogP contribution in [0.25, 0.3) is 0 Å². The fourth-order valence-corrected chi connectivity index (χ4v) is 1.39. The van der Waals surface area contributed by atoms with E-state index in [1.807, 2.05) is 0 Å². The van der Waals surface area contributed by atoms with E-state index in [0.29, 0.717) is 6.42 Å². The Hall–Kier alpha value is 0.810. The normalized spacial score (nSPS) is 23.4. The van der Waals surface area contributed by atoms with E-state index < -0.39 is 12.1 Å². The molecule has 6 heteroatoms. The first-order chi connectivity index (χ1) is 5.30. The van der Waals surface area contributed by atoms with E-state index in [9.17, 15) is 4.79 Å². The molecule has 0 aromatic carbocycles. The second-order valence-corrected chi connectivity index (χ2v) is 2.72. The van der Waals surface area contributed by atoms with Crippen molar-refractivity contribution < 1.29 is 34.1 Å². The van der Waals surface area contributed by atoms with Crippen LogP contribution in [0.1, 0.15) is 12.8 Å². The van der Waals surface area contributed by atoms with Crippen molar-refractivity contribution in [1.82, 2.24) is 0 Å². The van der Waals surface area contributed by atoms with Crippen molar-refractivity contribution in [2.45, 2.75) is 18.9 Å². The third kappa shape index (κ3) is 5.11. The minimum absolute atomic E-state index is 0.566. The topological polar surface area (TPSA) is 46.5 Å². The fraction of sp³-hybridized carbons (Fsp3) is 0.800. The van der Waals surface area contributed by atoms with Crippen LogP contribution in [0.5, 0.6) is 0 Å². The first-order valence-corrected chi connectivity index (χ1v) is 6.52. The Labute approximate surface area is 85.8 Å². The van der Waals surface area contributed by atoms with Gasteiger partial charge in [-0.3, -0.25) is 0 Å². The van der Waals surface area contributed by atoms with Crippen molar-refractivity contribution in [1.29, 1.82) is 0 Å². The number of carbonyl (C=O) groups is 1. The van der Waals surface area contributed by atoms with Crippen molar-refractivity contribution in [2.24, 2.45) is 0 Å². The van der Waals surface area contributed by atoms with Crippen molar-refractivity contribution in [3.63, 3.8) is 0 Å². The molecule has 1 saturated heterocycles. The molecule has 0 spiro atoms. The van der Waals surface area contributed by atoms with E-state index in [0.717, 1.165) is 12.2 Å². The zero-order valence-corrected chi connectivity index (χ0v) is 9.29. The number of hydrogen-bond acceptors (Lipinski definition) is 3. The maximum absolute atomic E-state index is 10.2. The molecule has 1 aliphatic rings. The van der Waals surface area contributed by atoms with Gasteiger partial charge in [0.05, 0.1) is 0 Å². The summed E-state index contributed by atoms with van der Waals surface area (Å²) in [6.07, 6.45) is 1.04. The maximum atomic E-state index is 10.2. The van der Waals surface area contributed by atoms with Crippen LogP contribution in [0.15, 0.2) is 0 Å². The van der Waals surface area contributed by atoms with Crippen LogP contribution in [-0.2, 0) is 29.0 Å². The second kappa shape index (κ2) is 7.46. The van der Waals surface area contributed by atoms with Crippen LogP contribution in [0.2, 0.25) is 0 Å². The van der Waals surface area contributed by atoms with Crippen LogP contribution in [0.3, 0.4) is 0 Å². The molecular weight excluding hydrogens is 373 g/mol. The molecule has 0 amide bonds. The van der Waals surface area contributed by atoms with Gasteiger partial charge in [-0.05, 0) is 24.9 Å². The molecule has 1 unspecified atom stereocenters. The molecular formula is C5H8AuClO3S. The number of aliphatic carboxylic acids is 1. The molecule has 1 aliphatic heterocycles. The van der Waals surface area contributed by atoms with Crippen LogP contribution in [-0.4, -0.2) is 22.9 Å². The Kier molecular flexibility index (Phi) is 8.01. The SMILES string of the molecule is O=C(O)C1CCCSO1.[Cl][Au]. The number of hydrogen-bond donors (Lipinski definition) is 1. The number of carboxylic acids is 1. The predicted molar refractivity (Wildman–Crippen MR) is 40.1 cm³/mol. The molecule has 1 fully saturated rings. The summed E-state index contributed by atoms with van der Waals surface area (Å²) < 4.78 is 4.86. The van der Waals surface area contributed by atoms with E-state index in [-0.39, 0.29) is 0 Å². The molecule has 1 rings (SSSR count). The average Bonchev–Trinajstić information content (AvgIpc) is 2.10.